The second kappa shape index (κ2) is 12.0. The Bertz CT molecular complexity index is 709. The van der Waals surface area contributed by atoms with Gasteiger partial charge in [-0.15, -0.1) is 0 Å². The van der Waals surface area contributed by atoms with Gasteiger partial charge in [0, 0.05) is 52.0 Å². The van der Waals surface area contributed by atoms with Gasteiger partial charge in [0.05, 0.1) is 24.9 Å². The molecular weight excluding hydrogens is 396 g/mol. The van der Waals surface area contributed by atoms with Crippen LogP contribution in [-0.2, 0) is 20.8 Å². The Labute approximate surface area is 185 Å². The van der Waals surface area contributed by atoms with Crippen LogP contribution in [0.4, 0.5) is 0 Å². The van der Waals surface area contributed by atoms with Crippen molar-refractivity contribution in [1.29, 1.82) is 0 Å². The summed E-state index contributed by atoms with van der Waals surface area (Å²) < 4.78 is 16.8. The van der Waals surface area contributed by atoms with Crippen LogP contribution in [-0.4, -0.2) is 81.6 Å². The highest BCUT2D eigenvalue weighted by Gasteiger charge is 2.26. The second-order valence-electron chi connectivity index (χ2n) is 8.23. The number of hydrogen-bond acceptors (Lipinski definition) is 5. The molecule has 1 aromatic rings. The fraction of sp³-hybridized carbons (Fsp3) is 0.652. The molecular formula is C23H36N4O4. The van der Waals surface area contributed by atoms with Gasteiger partial charge < -0.3 is 29.7 Å². The molecule has 0 spiro atoms. The first-order valence-electron chi connectivity index (χ1n) is 11.2. The molecule has 0 radical (unpaired) electrons. The third-order valence-electron chi connectivity index (χ3n) is 5.45. The van der Waals surface area contributed by atoms with Crippen molar-refractivity contribution >= 4 is 11.9 Å². The third-order valence-corrected chi connectivity index (χ3v) is 5.45. The first-order valence-corrected chi connectivity index (χ1v) is 11.2. The van der Waals surface area contributed by atoms with Crippen LogP contribution in [0.5, 0.6) is 0 Å². The van der Waals surface area contributed by atoms with Crippen molar-refractivity contribution < 1.29 is 19.0 Å². The minimum Gasteiger partial charge on any atom is -0.379 e. The number of amides is 1. The van der Waals surface area contributed by atoms with E-state index in [-0.39, 0.29) is 24.2 Å². The van der Waals surface area contributed by atoms with Crippen molar-refractivity contribution in [3.63, 3.8) is 0 Å². The first kappa shape index (κ1) is 23.5. The molecule has 1 aromatic carbocycles. The molecule has 3 atom stereocenters. The molecule has 0 aromatic heterocycles. The van der Waals surface area contributed by atoms with Crippen LogP contribution in [0.2, 0.25) is 0 Å². The summed E-state index contributed by atoms with van der Waals surface area (Å²) in [7, 11) is 1.76. The molecule has 2 aliphatic heterocycles. The maximum Gasteiger partial charge on any atom is 0.254 e. The van der Waals surface area contributed by atoms with E-state index in [0.29, 0.717) is 38.4 Å². The van der Waals surface area contributed by atoms with E-state index in [9.17, 15) is 4.79 Å². The molecule has 1 amide bonds. The van der Waals surface area contributed by atoms with Crippen LogP contribution >= 0.6 is 0 Å². The Morgan fingerprint density at radius 2 is 1.94 bits per heavy atom. The predicted molar refractivity (Wildman–Crippen MR) is 120 cm³/mol. The molecule has 172 valence electrons. The largest absolute Gasteiger partial charge is 0.379 e. The molecule has 2 fully saturated rings. The Kier molecular flexibility index (Phi) is 9.12. The van der Waals surface area contributed by atoms with Gasteiger partial charge >= 0.3 is 0 Å². The summed E-state index contributed by atoms with van der Waals surface area (Å²) >= 11 is 0. The van der Waals surface area contributed by atoms with Crippen molar-refractivity contribution in [1.82, 2.24) is 15.5 Å². The van der Waals surface area contributed by atoms with Gasteiger partial charge in [0.25, 0.3) is 5.91 Å². The Balaban J connectivity index is 1.37. The fourth-order valence-corrected chi connectivity index (χ4v) is 3.87. The van der Waals surface area contributed by atoms with Crippen molar-refractivity contribution in [2.24, 2.45) is 4.99 Å². The molecule has 0 aliphatic carbocycles. The molecule has 2 heterocycles. The summed E-state index contributed by atoms with van der Waals surface area (Å²) in [5, 5.41) is 6.61. The number of nitrogens with one attached hydrogen (secondary N) is 2. The van der Waals surface area contributed by atoms with Crippen molar-refractivity contribution in [2.45, 2.75) is 51.5 Å². The van der Waals surface area contributed by atoms with E-state index in [1.54, 1.807) is 7.05 Å². The smallest absolute Gasteiger partial charge is 0.254 e. The Hall–Kier alpha value is -2.16. The summed E-state index contributed by atoms with van der Waals surface area (Å²) in [6, 6.07) is 7.76. The molecule has 2 N–H and O–H groups in total. The molecule has 31 heavy (non-hydrogen) atoms. The third kappa shape index (κ3) is 7.48. The lowest BCUT2D eigenvalue weighted by molar-refractivity contribution is -0.0586. The standard InChI is InChI=1S/C23H36N4O4/c1-17-14-27(15-18(2)31-17)22(28)20-7-5-19(6-8-20)13-26-23(24-3)25-10-4-11-30-21-9-12-29-16-21/h5-8,17-18,21H,4,9-16H2,1-3H3,(H2,24,25,26). The minimum absolute atomic E-state index is 0.0605. The first-order chi connectivity index (χ1) is 15.0. The van der Waals surface area contributed by atoms with Gasteiger partial charge in [-0.05, 0) is 44.4 Å². The topological polar surface area (TPSA) is 84.4 Å². The number of carbonyl (C=O) groups is 1. The average Bonchev–Trinajstić information content (AvgIpc) is 3.28. The van der Waals surface area contributed by atoms with Crippen LogP contribution in [0.3, 0.4) is 0 Å². The molecule has 8 nitrogen and oxygen atoms in total. The van der Waals surface area contributed by atoms with Gasteiger partial charge in [-0.3, -0.25) is 9.79 Å². The van der Waals surface area contributed by atoms with E-state index in [2.05, 4.69) is 15.6 Å². The van der Waals surface area contributed by atoms with E-state index >= 15 is 0 Å². The van der Waals surface area contributed by atoms with Crippen LogP contribution in [0, 0.1) is 0 Å². The molecule has 0 bridgehead atoms. The van der Waals surface area contributed by atoms with Crippen molar-refractivity contribution in [3.8, 4) is 0 Å². The average molecular weight is 433 g/mol. The number of carbonyl (C=O) groups excluding carboxylic acids is 1. The van der Waals surface area contributed by atoms with Gasteiger partial charge in [-0.25, -0.2) is 0 Å². The summed E-state index contributed by atoms with van der Waals surface area (Å²) in [5.41, 5.74) is 1.80. The van der Waals surface area contributed by atoms with E-state index < -0.39 is 0 Å². The zero-order chi connectivity index (χ0) is 22.1. The molecule has 3 unspecified atom stereocenters. The van der Waals surface area contributed by atoms with Gasteiger partial charge in [-0.2, -0.15) is 0 Å². The number of guanidine groups is 1. The summed E-state index contributed by atoms with van der Waals surface area (Å²) in [6.07, 6.45) is 2.29. The number of aliphatic imine (C=N–C) groups is 1. The highest BCUT2D eigenvalue weighted by Crippen LogP contribution is 2.15. The highest BCUT2D eigenvalue weighted by atomic mass is 16.5. The lowest BCUT2D eigenvalue weighted by atomic mass is 10.1. The summed E-state index contributed by atoms with van der Waals surface area (Å²) in [5.74, 6) is 0.811. The van der Waals surface area contributed by atoms with Crippen LogP contribution in [0.25, 0.3) is 0 Å². The zero-order valence-electron chi connectivity index (χ0n) is 18.9. The van der Waals surface area contributed by atoms with Crippen LogP contribution in [0.15, 0.2) is 29.3 Å². The van der Waals surface area contributed by atoms with Crippen molar-refractivity contribution in [2.75, 3.05) is 46.5 Å². The quantitative estimate of drug-likeness (QED) is 0.370. The lowest BCUT2D eigenvalue weighted by Crippen LogP contribution is -2.48. The van der Waals surface area contributed by atoms with E-state index in [1.807, 2.05) is 43.0 Å². The molecule has 8 heteroatoms. The fourth-order valence-electron chi connectivity index (χ4n) is 3.87. The van der Waals surface area contributed by atoms with Gasteiger partial charge in [-0.1, -0.05) is 12.1 Å². The Morgan fingerprint density at radius 1 is 1.19 bits per heavy atom. The maximum atomic E-state index is 12.8. The van der Waals surface area contributed by atoms with Gasteiger partial charge in [0.2, 0.25) is 0 Å². The molecule has 2 saturated heterocycles. The number of benzene rings is 1. The SMILES string of the molecule is CN=C(NCCCOC1CCOC1)NCc1ccc(C(=O)N2CC(C)OC(C)C2)cc1. The second-order valence-corrected chi connectivity index (χ2v) is 8.23. The van der Waals surface area contributed by atoms with Crippen LogP contribution in [0.1, 0.15) is 42.6 Å². The van der Waals surface area contributed by atoms with Crippen molar-refractivity contribution in [3.05, 3.63) is 35.4 Å². The summed E-state index contributed by atoms with van der Waals surface area (Å²) in [4.78, 5) is 18.9. The van der Waals surface area contributed by atoms with E-state index in [0.717, 1.165) is 37.5 Å². The number of ether oxygens (including phenoxy) is 3. The molecule has 3 rings (SSSR count). The van der Waals surface area contributed by atoms with Gasteiger partial charge in [0.1, 0.15) is 0 Å². The van der Waals surface area contributed by atoms with Gasteiger partial charge in [0.15, 0.2) is 5.96 Å². The number of morpholine rings is 1. The maximum absolute atomic E-state index is 12.8. The van der Waals surface area contributed by atoms with E-state index in [1.165, 1.54) is 0 Å². The number of nitrogens with zero attached hydrogens (tertiary/aromatic N) is 2. The lowest BCUT2D eigenvalue weighted by Gasteiger charge is -2.35. The number of rotatable bonds is 8. The van der Waals surface area contributed by atoms with E-state index in [4.69, 9.17) is 14.2 Å². The number of hydrogen-bond donors (Lipinski definition) is 2. The monoisotopic (exact) mass is 432 g/mol. The highest BCUT2D eigenvalue weighted by molar-refractivity contribution is 5.94. The predicted octanol–water partition coefficient (Wildman–Crippen LogP) is 1.80. The van der Waals surface area contributed by atoms with Crippen LogP contribution < -0.4 is 10.6 Å². The summed E-state index contributed by atoms with van der Waals surface area (Å²) in [6.45, 7) is 8.93. The molecule has 0 saturated carbocycles. The minimum atomic E-state index is 0.0605. The molecule has 2 aliphatic rings. The zero-order valence-corrected chi connectivity index (χ0v) is 18.9. The Morgan fingerprint density at radius 3 is 2.58 bits per heavy atom. The normalized spacial score (nSPS) is 24.3.